The van der Waals surface area contributed by atoms with Crippen molar-refractivity contribution >= 4 is 27.2 Å². The molecular weight excluding hydrogens is 268 g/mol. The number of thiophene rings is 1. The van der Waals surface area contributed by atoms with Gasteiger partial charge in [0.2, 0.25) is 0 Å². The normalized spacial score (nSPS) is 11.9. The maximum Gasteiger partial charge on any atom is 0.168 e. The van der Waals surface area contributed by atoms with E-state index in [1.807, 2.05) is 32.9 Å². The van der Waals surface area contributed by atoms with Crippen LogP contribution in [-0.2, 0) is 16.0 Å². The lowest BCUT2D eigenvalue weighted by Gasteiger charge is -2.30. The monoisotopic (exact) mass is 290 g/mol. The first-order chi connectivity index (χ1) is 9.66. The molecule has 2 rings (SSSR count). The van der Waals surface area contributed by atoms with Gasteiger partial charge < -0.3 is 4.74 Å². The topological polar surface area (TPSA) is 26.3 Å². The Kier molecular flexibility index (Phi) is 4.95. The zero-order valence-corrected chi connectivity index (χ0v) is 13.3. The molecule has 0 radical (unpaired) electrons. The van der Waals surface area contributed by atoms with E-state index >= 15 is 0 Å². The van der Waals surface area contributed by atoms with Crippen LogP contribution in [-0.4, -0.2) is 18.0 Å². The second kappa shape index (κ2) is 6.51. The van der Waals surface area contributed by atoms with Crippen LogP contribution in [0.1, 0.15) is 39.2 Å². The summed E-state index contributed by atoms with van der Waals surface area (Å²) in [5.74, 6) is 0.202. The molecule has 0 amide bonds. The van der Waals surface area contributed by atoms with E-state index in [1.54, 1.807) is 11.3 Å². The highest BCUT2D eigenvalue weighted by Gasteiger charge is 2.35. The van der Waals surface area contributed by atoms with Crippen LogP contribution >= 0.6 is 11.3 Å². The molecule has 0 N–H and O–H groups in total. The van der Waals surface area contributed by atoms with Gasteiger partial charge in [-0.3, -0.25) is 4.79 Å². The largest absolute Gasteiger partial charge is 0.368 e. The third-order valence-corrected chi connectivity index (χ3v) is 5.00. The molecule has 0 aliphatic heterocycles. The van der Waals surface area contributed by atoms with Crippen LogP contribution in [0.4, 0.5) is 0 Å². The van der Waals surface area contributed by atoms with E-state index in [0.717, 1.165) is 18.4 Å². The second-order valence-corrected chi connectivity index (χ2v) is 5.90. The van der Waals surface area contributed by atoms with Gasteiger partial charge in [-0.05, 0) is 42.2 Å². The van der Waals surface area contributed by atoms with Crippen molar-refractivity contribution in [3.8, 4) is 0 Å². The van der Waals surface area contributed by atoms with E-state index < -0.39 is 5.60 Å². The molecule has 0 fully saturated rings. The van der Waals surface area contributed by atoms with Gasteiger partial charge in [-0.25, -0.2) is 0 Å². The van der Waals surface area contributed by atoms with E-state index in [0.29, 0.717) is 13.0 Å². The van der Waals surface area contributed by atoms with Gasteiger partial charge in [-0.15, -0.1) is 11.3 Å². The minimum absolute atomic E-state index is 0.202. The zero-order valence-electron chi connectivity index (χ0n) is 12.4. The highest BCUT2D eigenvalue weighted by atomic mass is 32.1. The fourth-order valence-electron chi connectivity index (χ4n) is 2.71. The van der Waals surface area contributed by atoms with Crippen LogP contribution in [0.25, 0.3) is 10.1 Å². The second-order valence-electron chi connectivity index (χ2n) is 4.99. The summed E-state index contributed by atoms with van der Waals surface area (Å²) in [4.78, 5) is 12.7. The number of ketones is 1. The summed E-state index contributed by atoms with van der Waals surface area (Å²) in [7, 11) is 0. The molecule has 2 nitrogen and oxygen atoms in total. The highest BCUT2D eigenvalue weighted by Crippen LogP contribution is 2.29. The molecule has 1 aromatic carbocycles. The molecule has 108 valence electrons. The summed E-state index contributed by atoms with van der Waals surface area (Å²) in [5.41, 5.74) is 0.513. The first-order valence-electron chi connectivity index (χ1n) is 7.29. The Morgan fingerprint density at radius 2 is 1.90 bits per heavy atom. The van der Waals surface area contributed by atoms with Gasteiger partial charge >= 0.3 is 0 Å². The Morgan fingerprint density at radius 3 is 2.55 bits per heavy atom. The third kappa shape index (κ3) is 2.79. The van der Waals surface area contributed by atoms with Crippen LogP contribution in [0.2, 0.25) is 0 Å². The molecule has 20 heavy (non-hydrogen) atoms. The van der Waals surface area contributed by atoms with Crippen LogP contribution < -0.4 is 0 Å². The van der Waals surface area contributed by atoms with E-state index in [2.05, 4.69) is 17.5 Å². The number of hydrogen-bond acceptors (Lipinski definition) is 3. The fourth-order valence-corrected chi connectivity index (χ4v) is 3.67. The lowest BCUT2D eigenvalue weighted by atomic mass is 9.88. The maximum absolute atomic E-state index is 12.7. The summed E-state index contributed by atoms with van der Waals surface area (Å²) in [6, 6.07) is 8.25. The van der Waals surface area contributed by atoms with Gasteiger partial charge in [-0.1, -0.05) is 32.0 Å². The van der Waals surface area contributed by atoms with Crippen molar-refractivity contribution < 1.29 is 9.53 Å². The Morgan fingerprint density at radius 1 is 1.20 bits per heavy atom. The molecule has 0 aliphatic carbocycles. The van der Waals surface area contributed by atoms with Crippen molar-refractivity contribution in [2.75, 3.05) is 6.61 Å². The van der Waals surface area contributed by atoms with E-state index in [4.69, 9.17) is 4.74 Å². The van der Waals surface area contributed by atoms with Crippen LogP contribution in [0, 0.1) is 0 Å². The molecule has 0 atom stereocenters. The first-order valence-corrected chi connectivity index (χ1v) is 8.17. The Balaban J connectivity index is 2.26. The van der Waals surface area contributed by atoms with Gasteiger partial charge in [-0.2, -0.15) is 0 Å². The van der Waals surface area contributed by atoms with E-state index in [-0.39, 0.29) is 5.78 Å². The predicted octanol–water partition coefficient (Wildman–Crippen LogP) is 4.61. The molecule has 0 aliphatic rings. The van der Waals surface area contributed by atoms with E-state index in [1.165, 1.54) is 10.1 Å². The van der Waals surface area contributed by atoms with Gasteiger partial charge in [0.1, 0.15) is 5.60 Å². The minimum atomic E-state index is -0.613. The van der Waals surface area contributed by atoms with Crippen molar-refractivity contribution in [2.45, 2.75) is 45.6 Å². The molecule has 1 aromatic heterocycles. The Labute approximate surface area is 124 Å². The predicted molar refractivity (Wildman–Crippen MR) is 85.5 cm³/mol. The lowest BCUT2D eigenvalue weighted by molar-refractivity contribution is -0.144. The number of Topliss-reactive ketones (excluding diaryl/α,β-unsaturated/α-hetero) is 1. The van der Waals surface area contributed by atoms with Gasteiger partial charge in [0.15, 0.2) is 5.78 Å². The number of hydrogen-bond donors (Lipinski definition) is 0. The summed E-state index contributed by atoms with van der Waals surface area (Å²) in [6.45, 7) is 6.59. The van der Waals surface area contributed by atoms with Crippen molar-refractivity contribution in [1.82, 2.24) is 0 Å². The van der Waals surface area contributed by atoms with Crippen LogP contribution in [0.15, 0.2) is 29.6 Å². The lowest BCUT2D eigenvalue weighted by Crippen LogP contribution is -2.41. The molecule has 2 aromatic rings. The molecular formula is C17H22O2S. The molecule has 0 saturated heterocycles. The quantitative estimate of drug-likeness (QED) is 0.744. The first kappa shape index (κ1) is 15.2. The standard InChI is InChI=1S/C17H22O2S/c1-4-17(5-2,19-6-3)16(18)11-13-12-20-15-10-8-7-9-14(13)15/h7-10,12H,4-6,11H2,1-3H3. The molecule has 0 unspecified atom stereocenters. The number of ether oxygens (including phenoxy) is 1. The van der Waals surface area contributed by atoms with Crippen LogP contribution in [0.5, 0.6) is 0 Å². The van der Waals surface area contributed by atoms with Crippen molar-refractivity contribution in [3.63, 3.8) is 0 Å². The third-order valence-electron chi connectivity index (χ3n) is 3.98. The smallest absolute Gasteiger partial charge is 0.168 e. The average Bonchev–Trinajstić information content (AvgIpc) is 2.88. The van der Waals surface area contributed by atoms with Gasteiger partial charge in [0, 0.05) is 17.7 Å². The zero-order chi connectivity index (χ0) is 14.6. The SMILES string of the molecule is CCOC(CC)(CC)C(=O)Cc1csc2ccccc12. The molecule has 0 saturated carbocycles. The fraction of sp³-hybridized carbons (Fsp3) is 0.471. The summed E-state index contributed by atoms with van der Waals surface area (Å²) in [6.07, 6.45) is 1.93. The summed E-state index contributed by atoms with van der Waals surface area (Å²) in [5, 5.41) is 3.30. The van der Waals surface area contributed by atoms with E-state index in [9.17, 15) is 4.79 Å². The molecule has 0 bridgehead atoms. The van der Waals surface area contributed by atoms with Gasteiger partial charge in [0.25, 0.3) is 0 Å². The summed E-state index contributed by atoms with van der Waals surface area (Å²) < 4.78 is 7.05. The average molecular weight is 290 g/mol. The number of carbonyl (C=O) groups excluding carboxylic acids is 1. The maximum atomic E-state index is 12.7. The van der Waals surface area contributed by atoms with Crippen molar-refractivity contribution in [2.24, 2.45) is 0 Å². The number of fused-ring (bicyclic) bond motifs is 1. The number of rotatable bonds is 7. The Bertz CT molecular complexity index is 581. The molecule has 3 heteroatoms. The van der Waals surface area contributed by atoms with Crippen molar-refractivity contribution in [3.05, 3.63) is 35.2 Å². The molecule has 1 heterocycles. The van der Waals surface area contributed by atoms with Gasteiger partial charge in [0.05, 0.1) is 0 Å². The Hall–Kier alpha value is -1.19. The van der Waals surface area contributed by atoms with Crippen LogP contribution in [0.3, 0.4) is 0 Å². The minimum Gasteiger partial charge on any atom is -0.368 e. The van der Waals surface area contributed by atoms with Crippen molar-refractivity contribution in [1.29, 1.82) is 0 Å². The summed E-state index contributed by atoms with van der Waals surface area (Å²) >= 11 is 1.70. The number of benzene rings is 1. The molecule has 0 spiro atoms. The highest BCUT2D eigenvalue weighted by molar-refractivity contribution is 7.17. The number of carbonyl (C=O) groups is 1.